The van der Waals surface area contributed by atoms with Gasteiger partial charge in [0.15, 0.2) is 5.82 Å². The van der Waals surface area contributed by atoms with Gasteiger partial charge in [0.2, 0.25) is 4.77 Å². The predicted octanol–water partition coefficient (Wildman–Crippen LogP) is 4.79. The van der Waals surface area contributed by atoms with Gasteiger partial charge in [-0.05, 0) is 42.9 Å². The number of aryl methyl sites for hydroxylation is 2. The Bertz CT molecular complexity index is 933. The van der Waals surface area contributed by atoms with Crippen LogP contribution in [0.2, 0.25) is 5.02 Å². The van der Waals surface area contributed by atoms with Gasteiger partial charge in [0.1, 0.15) is 12.4 Å². The second-order valence-electron chi connectivity index (χ2n) is 6.00. The molecular formula is C19H21ClN4OS. The second kappa shape index (κ2) is 8.38. The van der Waals surface area contributed by atoms with Gasteiger partial charge in [-0.25, -0.2) is 4.68 Å². The zero-order valence-corrected chi connectivity index (χ0v) is 16.3. The summed E-state index contributed by atoms with van der Waals surface area (Å²) in [6.45, 7) is 5.11. The van der Waals surface area contributed by atoms with Crippen LogP contribution in [0.25, 0.3) is 0 Å². The summed E-state index contributed by atoms with van der Waals surface area (Å²) in [4.78, 5) is 0. The van der Waals surface area contributed by atoms with E-state index in [0.29, 0.717) is 22.9 Å². The van der Waals surface area contributed by atoms with Crippen LogP contribution in [0.5, 0.6) is 5.75 Å². The number of ether oxygens (including phenoxy) is 1. The highest BCUT2D eigenvalue weighted by Crippen LogP contribution is 2.24. The normalized spacial score (nSPS) is 10.7. The van der Waals surface area contributed by atoms with Crippen molar-refractivity contribution in [2.75, 3.05) is 5.43 Å². The van der Waals surface area contributed by atoms with E-state index in [-0.39, 0.29) is 0 Å². The highest BCUT2D eigenvalue weighted by atomic mass is 35.5. The van der Waals surface area contributed by atoms with Crippen molar-refractivity contribution in [3.05, 3.63) is 74.8 Å². The topological polar surface area (TPSA) is 54.9 Å². The van der Waals surface area contributed by atoms with Gasteiger partial charge in [-0.2, -0.15) is 5.10 Å². The Balaban J connectivity index is 1.74. The molecule has 0 bridgehead atoms. The van der Waals surface area contributed by atoms with E-state index >= 15 is 0 Å². The smallest absolute Gasteiger partial charge is 0.214 e. The molecule has 3 aromatic rings. The highest BCUT2D eigenvalue weighted by Gasteiger charge is 2.08. The van der Waals surface area contributed by atoms with Gasteiger partial charge in [0, 0.05) is 17.0 Å². The fourth-order valence-corrected chi connectivity index (χ4v) is 2.98. The lowest BCUT2D eigenvalue weighted by Gasteiger charge is -2.14. The molecule has 7 heteroatoms. The molecule has 0 aliphatic carbocycles. The van der Waals surface area contributed by atoms with Crippen LogP contribution < -0.4 is 10.2 Å². The molecular weight excluding hydrogens is 368 g/mol. The number of hydrogen-bond donors (Lipinski definition) is 2. The van der Waals surface area contributed by atoms with E-state index in [1.807, 2.05) is 25.1 Å². The molecule has 2 aromatic carbocycles. The summed E-state index contributed by atoms with van der Waals surface area (Å²) in [6, 6.07) is 13.9. The van der Waals surface area contributed by atoms with E-state index in [0.717, 1.165) is 29.1 Å². The number of nitrogens with one attached hydrogen (secondary N) is 2. The lowest BCUT2D eigenvalue weighted by molar-refractivity contribution is 0.303. The first-order chi connectivity index (χ1) is 12.6. The number of rotatable bonds is 7. The van der Waals surface area contributed by atoms with Gasteiger partial charge in [0.05, 0.1) is 6.54 Å². The number of aromatic nitrogens is 3. The maximum Gasteiger partial charge on any atom is 0.214 e. The van der Waals surface area contributed by atoms with E-state index in [4.69, 9.17) is 28.6 Å². The maximum absolute atomic E-state index is 6.17. The molecule has 5 nitrogen and oxygen atoms in total. The minimum atomic E-state index is 0.500. The number of benzene rings is 2. The van der Waals surface area contributed by atoms with Crippen molar-refractivity contribution in [2.24, 2.45) is 0 Å². The third-order valence-electron chi connectivity index (χ3n) is 4.02. The van der Waals surface area contributed by atoms with Gasteiger partial charge in [-0.1, -0.05) is 48.4 Å². The lowest BCUT2D eigenvalue weighted by atomic mass is 10.1. The first kappa shape index (κ1) is 18.5. The zero-order chi connectivity index (χ0) is 18.5. The SMILES string of the molecule is CCc1n[nH]c(=S)n1NCc1cc(Cl)ccc1OCc1ccc(C)cc1. The summed E-state index contributed by atoms with van der Waals surface area (Å²) in [5.41, 5.74) is 6.59. The summed E-state index contributed by atoms with van der Waals surface area (Å²) >= 11 is 11.4. The number of H-pyrrole nitrogens is 1. The van der Waals surface area contributed by atoms with Crippen molar-refractivity contribution in [3.8, 4) is 5.75 Å². The molecule has 1 heterocycles. The Hall–Kier alpha value is -2.31. The molecule has 0 spiro atoms. The van der Waals surface area contributed by atoms with Crippen molar-refractivity contribution in [3.63, 3.8) is 0 Å². The van der Waals surface area contributed by atoms with Crippen molar-refractivity contribution < 1.29 is 4.74 Å². The van der Waals surface area contributed by atoms with E-state index in [2.05, 4.69) is 46.8 Å². The van der Waals surface area contributed by atoms with Crippen LogP contribution in [0.15, 0.2) is 42.5 Å². The van der Waals surface area contributed by atoms with E-state index in [1.165, 1.54) is 5.56 Å². The molecule has 0 atom stereocenters. The van der Waals surface area contributed by atoms with Gasteiger partial charge in [-0.3, -0.25) is 5.10 Å². The van der Waals surface area contributed by atoms with Crippen molar-refractivity contribution in [1.29, 1.82) is 0 Å². The average Bonchev–Trinajstić information content (AvgIpc) is 3.00. The lowest BCUT2D eigenvalue weighted by Crippen LogP contribution is -2.17. The first-order valence-electron chi connectivity index (χ1n) is 8.43. The van der Waals surface area contributed by atoms with E-state index < -0.39 is 0 Å². The number of aromatic amines is 1. The van der Waals surface area contributed by atoms with Crippen LogP contribution in [-0.4, -0.2) is 14.9 Å². The third-order valence-corrected chi connectivity index (χ3v) is 4.53. The number of hydrogen-bond acceptors (Lipinski definition) is 4. The van der Waals surface area contributed by atoms with E-state index in [9.17, 15) is 0 Å². The second-order valence-corrected chi connectivity index (χ2v) is 6.82. The van der Waals surface area contributed by atoms with Crippen LogP contribution >= 0.6 is 23.8 Å². The molecule has 0 aliphatic rings. The van der Waals surface area contributed by atoms with Gasteiger partial charge in [0.25, 0.3) is 0 Å². The molecule has 0 fully saturated rings. The summed E-state index contributed by atoms with van der Waals surface area (Å²) in [7, 11) is 0. The monoisotopic (exact) mass is 388 g/mol. The molecule has 26 heavy (non-hydrogen) atoms. The molecule has 0 saturated heterocycles. The Morgan fingerprint density at radius 1 is 1.23 bits per heavy atom. The summed E-state index contributed by atoms with van der Waals surface area (Å²) in [5, 5.41) is 7.66. The minimum Gasteiger partial charge on any atom is -0.489 e. The zero-order valence-electron chi connectivity index (χ0n) is 14.8. The van der Waals surface area contributed by atoms with Crippen LogP contribution in [0, 0.1) is 11.7 Å². The fourth-order valence-electron chi connectivity index (χ4n) is 2.57. The Morgan fingerprint density at radius 2 is 2.00 bits per heavy atom. The molecule has 3 rings (SSSR count). The number of nitrogens with zero attached hydrogens (tertiary/aromatic N) is 2. The summed E-state index contributed by atoms with van der Waals surface area (Å²) in [6.07, 6.45) is 0.770. The largest absolute Gasteiger partial charge is 0.489 e. The summed E-state index contributed by atoms with van der Waals surface area (Å²) < 4.78 is 8.33. The van der Waals surface area contributed by atoms with Crippen LogP contribution in [0.1, 0.15) is 29.4 Å². The molecule has 0 unspecified atom stereocenters. The predicted molar refractivity (Wildman–Crippen MR) is 107 cm³/mol. The Labute approximate surface area is 162 Å². The fraction of sp³-hybridized carbons (Fsp3) is 0.263. The van der Waals surface area contributed by atoms with Crippen molar-refractivity contribution >= 4 is 23.8 Å². The molecule has 2 N–H and O–H groups in total. The molecule has 0 amide bonds. The minimum absolute atomic E-state index is 0.500. The Kier molecular flexibility index (Phi) is 5.96. The molecule has 0 radical (unpaired) electrons. The van der Waals surface area contributed by atoms with Gasteiger partial charge in [-0.15, -0.1) is 0 Å². The quantitative estimate of drug-likeness (QED) is 0.571. The molecule has 1 aromatic heterocycles. The molecule has 0 saturated carbocycles. The maximum atomic E-state index is 6.17. The van der Waals surface area contributed by atoms with Crippen LogP contribution in [-0.2, 0) is 19.6 Å². The molecule has 136 valence electrons. The van der Waals surface area contributed by atoms with Crippen LogP contribution in [0.3, 0.4) is 0 Å². The van der Waals surface area contributed by atoms with Gasteiger partial charge >= 0.3 is 0 Å². The summed E-state index contributed by atoms with van der Waals surface area (Å²) in [5.74, 6) is 1.63. The van der Waals surface area contributed by atoms with E-state index in [1.54, 1.807) is 4.68 Å². The van der Waals surface area contributed by atoms with Crippen molar-refractivity contribution in [2.45, 2.75) is 33.4 Å². The first-order valence-corrected chi connectivity index (χ1v) is 9.22. The molecule has 0 aliphatic heterocycles. The number of halogens is 1. The van der Waals surface area contributed by atoms with Gasteiger partial charge < -0.3 is 10.2 Å². The Morgan fingerprint density at radius 3 is 2.73 bits per heavy atom. The average molecular weight is 389 g/mol. The third kappa shape index (κ3) is 4.45. The van der Waals surface area contributed by atoms with Crippen LogP contribution in [0.4, 0.5) is 0 Å². The highest BCUT2D eigenvalue weighted by molar-refractivity contribution is 7.71. The van der Waals surface area contributed by atoms with Crippen molar-refractivity contribution in [1.82, 2.24) is 14.9 Å². The standard InChI is InChI=1S/C19H21ClN4OS/c1-3-18-22-23-19(26)24(18)21-11-15-10-16(20)8-9-17(15)25-12-14-6-4-13(2)5-7-14/h4-10,21H,3,11-12H2,1-2H3,(H,23,26).